The molecule has 6 nitrogen and oxygen atoms in total. The van der Waals surface area contributed by atoms with Gasteiger partial charge in [-0.15, -0.1) is 5.10 Å². The van der Waals surface area contributed by atoms with Gasteiger partial charge in [0.05, 0.1) is 40.8 Å². The van der Waals surface area contributed by atoms with Gasteiger partial charge in [-0.25, -0.2) is 13.2 Å². The summed E-state index contributed by atoms with van der Waals surface area (Å²) in [5, 5.41) is 21.9. The number of aromatic nitrogens is 3. The van der Waals surface area contributed by atoms with Crippen molar-refractivity contribution in [3.05, 3.63) is 53.1 Å². The summed E-state index contributed by atoms with van der Waals surface area (Å²) < 4.78 is 40.7. The summed E-state index contributed by atoms with van der Waals surface area (Å²) in [6, 6.07) is 5.25. The largest absolute Gasteiger partial charge is 0.391 e. The van der Waals surface area contributed by atoms with Crippen LogP contribution in [-0.4, -0.2) is 39.5 Å². The van der Waals surface area contributed by atoms with E-state index in [1.165, 1.54) is 12.1 Å². The van der Waals surface area contributed by atoms with Crippen LogP contribution in [0.1, 0.15) is 42.6 Å². The van der Waals surface area contributed by atoms with Gasteiger partial charge in [0, 0.05) is 24.0 Å². The molecule has 1 aliphatic rings. The van der Waals surface area contributed by atoms with Crippen molar-refractivity contribution in [2.45, 2.75) is 38.8 Å². The zero-order chi connectivity index (χ0) is 21.4. The number of hydrogen-bond acceptors (Lipinski definition) is 6. The highest BCUT2D eigenvalue weighted by Gasteiger charge is 2.23. The molecule has 1 saturated heterocycles. The lowest BCUT2D eigenvalue weighted by atomic mass is 10.0. The predicted octanol–water partition coefficient (Wildman–Crippen LogP) is 4.15. The number of nitrogens with zero attached hydrogens (tertiary/aromatic N) is 4. The van der Waals surface area contributed by atoms with Crippen molar-refractivity contribution in [1.29, 1.82) is 0 Å². The Balaban J connectivity index is 1.70. The highest BCUT2D eigenvalue weighted by atomic mass is 19.3. The summed E-state index contributed by atoms with van der Waals surface area (Å²) in [6.45, 7) is 4.71. The average Bonchev–Trinajstić information content (AvgIpc) is 3.16. The van der Waals surface area contributed by atoms with E-state index in [2.05, 4.69) is 20.5 Å². The monoisotopic (exact) mass is 417 g/mol. The summed E-state index contributed by atoms with van der Waals surface area (Å²) in [7, 11) is 0. The molecule has 0 spiro atoms. The molecule has 0 radical (unpaired) electrons. The Bertz CT molecular complexity index is 1080. The lowest BCUT2D eigenvalue weighted by molar-refractivity contribution is 0.146. The van der Waals surface area contributed by atoms with Crippen molar-refractivity contribution in [3.63, 3.8) is 0 Å². The van der Waals surface area contributed by atoms with Gasteiger partial charge in [-0.2, -0.15) is 5.10 Å². The average molecular weight is 417 g/mol. The van der Waals surface area contributed by atoms with Gasteiger partial charge in [-0.3, -0.25) is 4.98 Å². The zero-order valence-corrected chi connectivity index (χ0v) is 16.6. The molecular formula is C21H22F3N5O. The normalized spacial score (nSPS) is 17.7. The second-order valence-corrected chi connectivity index (χ2v) is 7.53. The van der Waals surface area contributed by atoms with Crippen LogP contribution >= 0.6 is 0 Å². The molecule has 9 heteroatoms. The molecule has 1 aromatic carbocycles. The van der Waals surface area contributed by atoms with Crippen LogP contribution in [0.4, 0.5) is 24.7 Å². The van der Waals surface area contributed by atoms with E-state index in [1.54, 1.807) is 20.0 Å². The minimum absolute atomic E-state index is 0.120. The van der Waals surface area contributed by atoms with Crippen molar-refractivity contribution in [1.82, 2.24) is 15.2 Å². The Kier molecular flexibility index (Phi) is 5.46. The van der Waals surface area contributed by atoms with Crippen molar-refractivity contribution in [2.75, 3.05) is 23.3 Å². The molecule has 30 heavy (non-hydrogen) atoms. The first-order chi connectivity index (χ1) is 14.3. The smallest absolute Gasteiger partial charge is 0.266 e. The lowest BCUT2D eigenvalue weighted by Gasteiger charge is -2.20. The topological polar surface area (TPSA) is 74.2 Å². The molecule has 0 saturated carbocycles. The third-order valence-electron chi connectivity index (χ3n) is 5.41. The molecule has 0 amide bonds. The molecule has 1 fully saturated rings. The summed E-state index contributed by atoms with van der Waals surface area (Å²) in [4.78, 5) is 6.54. The van der Waals surface area contributed by atoms with Crippen LogP contribution in [0.25, 0.3) is 10.9 Å². The van der Waals surface area contributed by atoms with Crippen molar-refractivity contribution >= 4 is 22.4 Å². The Labute approximate surface area is 171 Å². The number of alkyl halides is 2. The summed E-state index contributed by atoms with van der Waals surface area (Å²) in [6.07, 6.45) is -0.845. The van der Waals surface area contributed by atoms with Gasteiger partial charge in [-0.1, -0.05) is 18.2 Å². The molecule has 3 aromatic rings. The molecule has 3 heterocycles. The quantitative estimate of drug-likeness (QED) is 0.650. The molecule has 4 rings (SSSR count). The number of aliphatic hydroxyl groups excluding tert-OH is 1. The molecular weight excluding hydrogens is 395 g/mol. The minimum atomic E-state index is -2.89. The fraction of sp³-hybridized carbons (Fsp3) is 0.381. The number of aryl methyl sites for hydroxylation is 1. The summed E-state index contributed by atoms with van der Waals surface area (Å²) >= 11 is 0. The van der Waals surface area contributed by atoms with Crippen LogP contribution in [0.15, 0.2) is 30.5 Å². The number of rotatable bonds is 5. The fourth-order valence-electron chi connectivity index (χ4n) is 3.76. The second-order valence-electron chi connectivity index (χ2n) is 7.53. The number of halogens is 3. The predicted molar refractivity (Wildman–Crippen MR) is 108 cm³/mol. The number of benzene rings is 1. The van der Waals surface area contributed by atoms with Crippen LogP contribution in [0, 0.1) is 12.7 Å². The molecule has 1 aliphatic heterocycles. The fourth-order valence-corrected chi connectivity index (χ4v) is 3.76. The number of β-amino-alcohol motifs (C(OH)–C–C–N with tert-alkyl or cyclic N) is 1. The van der Waals surface area contributed by atoms with E-state index < -0.39 is 23.8 Å². The highest BCUT2D eigenvalue weighted by Crippen LogP contribution is 2.32. The van der Waals surface area contributed by atoms with Gasteiger partial charge in [0.2, 0.25) is 0 Å². The van der Waals surface area contributed by atoms with E-state index in [-0.39, 0.29) is 11.7 Å². The lowest BCUT2D eigenvalue weighted by Crippen LogP contribution is -2.21. The first-order valence-electron chi connectivity index (χ1n) is 9.74. The van der Waals surface area contributed by atoms with Crippen LogP contribution in [0.2, 0.25) is 0 Å². The van der Waals surface area contributed by atoms with E-state index in [9.17, 15) is 18.3 Å². The van der Waals surface area contributed by atoms with Crippen LogP contribution in [0.3, 0.4) is 0 Å². The molecule has 0 unspecified atom stereocenters. The van der Waals surface area contributed by atoms with E-state index in [4.69, 9.17) is 0 Å². The van der Waals surface area contributed by atoms with Gasteiger partial charge in [0.1, 0.15) is 5.82 Å². The number of hydrogen-bond donors (Lipinski definition) is 2. The Morgan fingerprint density at radius 3 is 2.70 bits per heavy atom. The molecule has 2 N–H and O–H groups in total. The van der Waals surface area contributed by atoms with Gasteiger partial charge in [0.25, 0.3) is 6.43 Å². The maximum atomic E-state index is 14.6. The van der Waals surface area contributed by atoms with Crippen LogP contribution < -0.4 is 10.2 Å². The highest BCUT2D eigenvalue weighted by molar-refractivity contribution is 5.92. The third-order valence-corrected chi connectivity index (χ3v) is 5.41. The van der Waals surface area contributed by atoms with E-state index in [0.717, 1.165) is 18.3 Å². The Hall–Kier alpha value is -2.94. The van der Waals surface area contributed by atoms with Gasteiger partial charge >= 0.3 is 0 Å². The van der Waals surface area contributed by atoms with Gasteiger partial charge < -0.3 is 15.3 Å². The first kappa shape index (κ1) is 20.3. The zero-order valence-electron chi connectivity index (χ0n) is 16.6. The number of fused-ring (bicyclic) bond motifs is 1. The molecule has 2 atom stereocenters. The van der Waals surface area contributed by atoms with Gasteiger partial charge in [-0.05, 0) is 26.3 Å². The number of anilines is 2. The van der Waals surface area contributed by atoms with Gasteiger partial charge in [0.15, 0.2) is 5.82 Å². The third kappa shape index (κ3) is 3.77. The SMILES string of the molecule is Cc1nnc(N[C@H](C)c2cccc(C(F)F)c2F)c2cc(N3CC[C@H](O)C3)cnc12. The Morgan fingerprint density at radius 1 is 1.23 bits per heavy atom. The molecule has 0 bridgehead atoms. The van der Waals surface area contributed by atoms with Crippen molar-refractivity contribution in [2.24, 2.45) is 0 Å². The van der Waals surface area contributed by atoms with E-state index in [1.807, 2.05) is 11.0 Å². The Morgan fingerprint density at radius 2 is 2.00 bits per heavy atom. The van der Waals surface area contributed by atoms with Crippen LogP contribution in [-0.2, 0) is 0 Å². The van der Waals surface area contributed by atoms with E-state index >= 15 is 0 Å². The maximum absolute atomic E-state index is 14.6. The maximum Gasteiger partial charge on any atom is 0.266 e. The standard InChI is InChI=1S/C21H22F3N5O/c1-11(15-4-3-5-16(18(15)22)20(23)24)26-21-17-8-13(29-7-6-14(30)10-29)9-25-19(17)12(2)27-28-21/h3-5,8-9,11,14,20,30H,6-7,10H2,1-2H3,(H,26,28)/t11-,14+/m1/s1. The number of aliphatic hydroxyl groups is 1. The van der Waals surface area contributed by atoms with Crippen molar-refractivity contribution in [3.8, 4) is 0 Å². The number of nitrogens with one attached hydrogen (secondary N) is 1. The summed E-state index contributed by atoms with van der Waals surface area (Å²) in [5.41, 5.74) is 1.62. The second kappa shape index (κ2) is 8.06. The molecule has 2 aromatic heterocycles. The first-order valence-corrected chi connectivity index (χ1v) is 9.74. The molecule has 0 aliphatic carbocycles. The molecule has 158 valence electrons. The minimum Gasteiger partial charge on any atom is -0.391 e. The summed E-state index contributed by atoms with van der Waals surface area (Å²) in [5.74, 6) is -0.541. The number of pyridine rings is 1. The van der Waals surface area contributed by atoms with Crippen LogP contribution in [0.5, 0.6) is 0 Å². The van der Waals surface area contributed by atoms with E-state index in [0.29, 0.717) is 35.4 Å². The van der Waals surface area contributed by atoms with Crippen molar-refractivity contribution < 1.29 is 18.3 Å².